The van der Waals surface area contributed by atoms with Crippen molar-refractivity contribution in [2.24, 2.45) is 0 Å². The molecule has 26 heavy (non-hydrogen) atoms. The SMILES string of the molecule is CN(CC(=O)O)C(=O)c1sccc1S(=O)(=O)N1CCc2ccccc2C1. The first-order valence-electron chi connectivity index (χ1n) is 7.92. The normalized spacial score (nSPS) is 14.7. The zero-order valence-electron chi connectivity index (χ0n) is 14.1. The second-order valence-corrected chi connectivity index (χ2v) is 8.85. The van der Waals surface area contributed by atoms with Gasteiger partial charge in [-0.15, -0.1) is 11.3 Å². The predicted octanol–water partition coefficient (Wildman–Crippen LogP) is 1.65. The second-order valence-electron chi connectivity index (χ2n) is 6.03. The van der Waals surface area contributed by atoms with E-state index in [9.17, 15) is 18.0 Å². The summed E-state index contributed by atoms with van der Waals surface area (Å²) in [7, 11) is -2.51. The summed E-state index contributed by atoms with van der Waals surface area (Å²) in [5.41, 5.74) is 2.08. The second kappa shape index (κ2) is 7.18. The van der Waals surface area contributed by atoms with Crippen LogP contribution in [-0.4, -0.2) is 54.7 Å². The maximum absolute atomic E-state index is 13.1. The molecule has 9 heteroatoms. The molecule has 0 fully saturated rings. The Morgan fingerprint density at radius 2 is 1.92 bits per heavy atom. The molecule has 2 heterocycles. The van der Waals surface area contributed by atoms with Gasteiger partial charge >= 0.3 is 5.97 Å². The Kier molecular flexibility index (Phi) is 5.12. The number of carbonyl (C=O) groups excluding carboxylic acids is 1. The van der Waals surface area contributed by atoms with Gasteiger partial charge in [0.05, 0.1) is 0 Å². The maximum atomic E-state index is 13.1. The molecule has 2 aromatic rings. The van der Waals surface area contributed by atoms with E-state index in [0.717, 1.165) is 27.4 Å². The number of carboxylic acids is 1. The fraction of sp³-hybridized carbons (Fsp3) is 0.294. The maximum Gasteiger partial charge on any atom is 0.323 e. The number of benzene rings is 1. The molecule has 7 nitrogen and oxygen atoms in total. The molecular weight excluding hydrogens is 376 g/mol. The van der Waals surface area contributed by atoms with Crippen molar-refractivity contribution in [2.75, 3.05) is 20.1 Å². The van der Waals surface area contributed by atoms with Crippen LogP contribution in [0.5, 0.6) is 0 Å². The number of carboxylic acid groups (broad SMARTS) is 1. The van der Waals surface area contributed by atoms with Crippen molar-refractivity contribution in [3.8, 4) is 0 Å². The van der Waals surface area contributed by atoms with Gasteiger partial charge in [-0.25, -0.2) is 8.42 Å². The zero-order valence-corrected chi connectivity index (χ0v) is 15.7. The van der Waals surface area contributed by atoms with Crippen LogP contribution in [0.3, 0.4) is 0 Å². The third-order valence-electron chi connectivity index (χ3n) is 4.26. The van der Waals surface area contributed by atoms with Gasteiger partial charge in [0, 0.05) is 20.1 Å². The fourth-order valence-electron chi connectivity index (χ4n) is 2.92. The third kappa shape index (κ3) is 3.50. The lowest BCUT2D eigenvalue weighted by Gasteiger charge is -2.28. The summed E-state index contributed by atoms with van der Waals surface area (Å²) in [6.45, 7) is 0.105. The monoisotopic (exact) mass is 394 g/mol. The van der Waals surface area contributed by atoms with Crippen LogP contribution in [0.15, 0.2) is 40.6 Å². The Morgan fingerprint density at radius 3 is 2.62 bits per heavy atom. The van der Waals surface area contributed by atoms with Gasteiger partial charge < -0.3 is 10.0 Å². The number of fused-ring (bicyclic) bond motifs is 1. The first-order valence-corrected chi connectivity index (χ1v) is 10.2. The molecule has 1 N–H and O–H groups in total. The first kappa shape index (κ1) is 18.6. The lowest BCUT2D eigenvalue weighted by Crippen LogP contribution is -2.37. The molecule has 1 aliphatic heterocycles. The van der Waals surface area contributed by atoms with Gasteiger partial charge in [-0.2, -0.15) is 4.31 Å². The van der Waals surface area contributed by atoms with Gasteiger partial charge in [0.1, 0.15) is 16.3 Å². The Balaban J connectivity index is 1.89. The Hall–Kier alpha value is -2.23. The van der Waals surface area contributed by atoms with Crippen LogP contribution in [0.4, 0.5) is 0 Å². The number of rotatable bonds is 5. The molecule has 0 aliphatic carbocycles. The molecule has 0 atom stereocenters. The molecule has 0 bridgehead atoms. The highest BCUT2D eigenvalue weighted by molar-refractivity contribution is 7.89. The van der Waals surface area contributed by atoms with Gasteiger partial charge in [0.25, 0.3) is 5.91 Å². The summed E-state index contributed by atoms with van der Waals surface area (Å²) < 4.78 is 27.5. The number of amides is 1. The van der Waals surface area contributed by atoms with Gasteiger partial charge in [0.15, 0.2) is 0 Å². The van der Waals surface area contributed by atoms with Gasteiger partial charge in [-0.3, -0.25) is 9.59 Å². The number of aliphatic carboxylic acids is 1. The lowest BCUT2D eigenvalue weighted by atomic mass is 10.0. The Morgan fingerprint density at radius 1 is 1.23 bits per heavy atom. The molecule has 0 spiro atoms. The summed E-state index contributed by atoms with van der Waals surface area (Å²) in [5, 5.41) is 10.4. The minimum absolute atomic E-state index is 0.0348. The van der Waals surface area contributed by atoms with Crippen molar-refractivity contribution in [3.63, 3.8) is 0 Å². The van der Waals surface area contributed by atoms with E-state index in [1.54, 1.807) is 0 Å². The lowest BCUT2D eigenvalue weighted by molar-refractivity contribution is -0.137. The standard InChI is InChI=1S/C17H18N2O5S2/c1-18(11-15(20)21)17(22)16-14(7-9-25-16)26(23,24)19-8-6-12-4-2-3-5-13(12)10-19/h2-5,7,9H,6,8,10-11H2,1H3,(H,20,21). The largest absolute Gasteiger partial charge is 0.480 e. The van der Waals surface area contributed by atoms with E-state index in [4.69, 9.17) is 5.11 Å². The van der Waals surface area contributed by atoms with Crippen LogP contribution in [0.2, 0.25) is 0 Å². The van der Waals surface area contributed by atoms with Crippen molar-refractivity contribution < 1.29 is 23.1 Å². The minimum atomic E-state index is -3.85. The Bertz CT molecular complexity index is 952. The number of carbonyl (C=O) groups is 2. The number of likely N-dealkylation sites (N-methyl/N-ethyl adjacent to an activating group) is 1. The highest BCUT2D eigenvalue weighted by atomic mass is 32.2. The number of nitrogens with zero attached hydrogens (tertiary/aromatic N) is 2. The average Bonchev–Trinajstić information content (AvgIpc) is 3.10. The van der Waals surface area contributed by atoms with Crippen LogP contribution in [0, 0.1) is 0 Å². The quantitative estimate of drug-likeness (QED) is 0.832. The molecule has 0 saturated heterocycles. The van der Waals surface area contributed by atoms with Crippen LogP contribution in [-0.2, 0) is 27.8 Å². The average molecular weight is 394 g/mol. The molecular formula is C17H18N2O5S2. The van der Waals surface area contributed by atoms with Crippen molar-refractivity contribution in [1.29, 1.82) is 0 Å². The van der Waals surface area contributed by atoms with E-state index in [0.29, 0.717) is 13.0 Å². The highest BCUT2D eigenvalue weighted by Gasteiger charge is 2.33. The van der Waals surface area contributed by atoms with E-state index >= 15 is 0 Å². The summed E-state index contributed by atoms with van der Waals surface area (Å²) in [4.78, 5) is 24.3. The molecule has 138 valence electrons. The van der Waals surface area contributed by atoms with Gasteiger partial charge in [0.2, 0.25) is 10.0 Å². The minimum Gasteiger partial charge on any atom is -0.480 e. The summed E-state index contributed by atoms with van der Waals surface area (Å²) >= 11 is 1.000. The van der Waals surface area contributed by atoms with E-state index in [1.165, 1.54) is 22.8 Å². The van der Waals surface area contributed by atoms with Crippen LogP contribution in [0.1, 0.15) is 20.8 Å². The van der Waals surface area contributed by atoms with Crippen molar-refractivity contribution in [3.05, 3.63) is 51.7 Å². The smallest absolute Gasteiger partial charge is 0.323 e. The molecule has 1 aliphatic rings. The molecule has 0 unspecified atom stereocenters. The van der Waals surface area contributed by atoms with Crippen molar-refractivity contribution in [2.45, 2.75) is 17.9 Å². The van der Waals surface area contributed by atoms with E-state index < -0.39 is 28.4 Å². The molecule has 0 saturated carbocycles. The molecule has 1 aromatic heterocycles. The van der Waals surface area contributed by atoms with Crippen molar-refractivity contribution in [1.82, 2.24) is 9.21 Å². The number of thiophene rings is 1. The van der Waals surface area contributed by atoms with Gasteiger partial charge in [-0.05, 0) is 29.0 Å². The number of sulfonamides is 1. The number of hydrogen-bond acceptors (Lipinski definition) is 5. The summed E-state index contributed by atoms with van der Waals surface area (Å²) in [5.74, 6) is -1.77. The van der Waals surface area contributed by atoms with Crippen LogP contribution in [0.25, 0.3) is 0 Å². The summed E-state index contributed by atoms with van der Waals surface area (Å²) in [6, 6.07) is 9.09. The zero-order chi connectivity index (χ0) is 18.9. The predicted molar refractivity (Wildman–Crippen MR) is 96.7 cm³/mol. The Labute approximate surface area is 155 Å². The third-order valence-corrected chi connectivity index (χ3v) is 7.18. The summed E-state index contributed by atoms with van der Waals surface area (Å²) in [6.07, 6.45) is 0.613. The fourth-order valence-corrected chi connectivity index (χ4v) is 5.73. The highest BCUT2D eigenvalue weighted by Crippen LogP contribution is 2.30. The van der Waals surface area contributed by atoms with Crippen LogP contribution < -0.4 is 0 Å². The van der Waals surface area contributed by atoms with E-state index in [1.807, 2.05) is 24.3 Å². The molecule has 1 aromatic carbocycles. The van der Waals surface area contributed by atoms with E-state index in [2.05, 4.69) is 0 Å². The number of hydrogen-bond donors (Lipinski definition) is 1. The first-order chi connectivity index (χ1) is 12.3. The topological polar surface area (TPSA) is 95.0 Å². The molecule has 3 rings (SSSR count). The van der Waals surface area contributed by atoms with Gasteiger partial charge in [-0.1, -0.05) is 24.3 Å². The van der Waals surface area contributed by atoms with Crippen LogP contribution >= 0.6 is 11.3 Å². The van der Waals surface area contributed by atoms with Crippen molar-refractivity contribution >= 4 is 33.2 Å². The molecule has 0 radical (unpaired) electrons. The van der Waals surface area contributed by atoms with E-state index in [-0.39, 0.29) is 16.3 Å². The molecule has 1 amide bonds.